The van der Waals surface area contributed by atoms with Crippen molar-refractivity contribution in [2.75, 3.05) is 13.7 Å². The Balaban J connectivity index is 2.78. The predicted molar refractivity (Wildman–Crippen MR) is 81.4 cm³/mol. The van der Waals surface area contributed by atoms with Gasteiger partial charge in [-0.05, 0) is 29.5 Å². The van der Waals surface area contributed by atoms with E-state index in [2.05, 4.69) is 9.46 Å². The summed E-state index contributed by atoms with van der Waals surface area (Å²) in [6, 6.07) is 6.24. The molecule has 1 rings (SSSR count). The smallest absolute Gasteiger partial charge is 0.309 e. The van der Waals surface area contributed by atoms with Crippen LogP contribution < -0.4 is 4.72 Å². The normalized spacial score (nSPS) is 12.2. The standard InChI is InChI=1S/C15H23NO4S/c1-5-15(2,3)11-16-21(18,19)13-8-6-12(7-9-13)10-14(17)20-4/h6-9,16H,5,10-11H2,1-4H3. The summed E-state index contributed by atoms with van der Waals surface area (Å²) in [5.41, 5.74) is 0.632. The summed E-state index contributed by atoms with van der Waals surface area (Å²) in [5.74, 6) is -0.353. The minimum absolute atomic E-state index is 0.0854. The van der Waals surface area contributed by atoms with Crippen molar-refractivity contribution in [1.29, 1.82) is 0 Å². The molecule has 1 aromatic carbocycles. The highest BCUT2D eigenvalue weighted by atomic mass is 32.2. The molecule has 0 fully saturated rings. The van der Waals surface area contributed by atoms with Gasteiger partial charge in [0.2, 0.25) is 10.0 Å². The molecule has 1 aromatic rings. The van der Waals surface area contributed by atoms with E-state index in [9.17, 15) is 13.2 Å². The Labute approximate surface area is 126 Å². The van der Waals surface area contributed by atoms with Gasteiger partial charge in [0.1, 0.15) is 0 Å². The zero-order chi connectivity index (χ0) is 16.1. The fourth-order valence-electron chi connectivity index (χ4n) is 1.52. The third-order valence-corrected chi connectivity index (χ3v) is 4.92. The summed E-state index contributed by atoms with van der Waals surface area (Å²) < 4.78 is 31.6. The maximum absolute atomic E-state index is 12.2. The van der Waals surface area contributed by atoms with Crippen molar-refractivity contribution in [3.63, 3.8) is 0 Å². The van der Waals surface area contributed by atoms with Gasteiger partial charge in [0.25, 0.3) is 0 Å². The minimum atomic E-state index is -3.52. The van der Waals surface area contributed by atoms with Gasteiger partial charge in [-0.15, -0.1) is 0 Å². The largest absolute Gasteiger partial charge is 0.469 e. The van der Waals surface area contributed by atoms with Crippen LogP contribution in [0.15, 0.2) is 29.2 Å². The van der Waals surface area contributed by atoms with Crippen LogP contribution in [-0.2, 0) is 26.0 Å². The third kappa shape index (κ3) is 5.47. The van der Waals surface area contributed by atoms with Gasteiger partial charge in [-0.1, -0.05) is 32.9 Å². The van der Waals surface area contributed by atoms with Crippen molar-refractivity contribution in [3.8, 4) is 0 Å². The van der Waals surface area contributed by atoms with Crippen LogP contribution in [0.5, 0.6) is 0 Å². The predicted octanol–water partition coefficient (Wildman–Crippen LogP) is 2.12. The summed E-state index contributed by atoms with van der Waals surface area (Å²) in [5, 5.41) is 0. The summed E-state index contributed by atoms with van der Waals surface area (Å²) >= 11 is 0. The van der Waals surface area contributed by atoms with E-state index in [1.54, 1.807) is 12.1 Å². The monoisotopic (exact) mass is 313 g/mol. The Morgan fingerprint density at radius 2 is 1.81 bits per heavy atom. The maximum Gasteiger partial charge on any atom is 0.309 e. The zero-order valence-corrected chi connectivity index (χ0v) is 13.8. The van der Waals surface area contributed by atoms with E-state index < -0.39 is 10.0 Å². The average Bonchev–Trinajstić information content (AvgIpc) is 2.46. The molecule has 0 aliphatic carbocycles. The zero-order valence-electron chi connectivity index (χ0n) is 13.0. The SMILES string of the molecule is CCC(C)(C)CNS(=O)(=O)c1ccc(CC(=O)OC)cc1. The number of nitrogens with one attached hydrogen (secondary N) is 1. The molecule has 0 spiro atoms. The fourth-order valence-corrected chi connectivity index (χ4v) is 2.77. The third-order valence-electron chi connectivity index (χ3n) is 3.51. The number of rotatable bonds is 7. The Morgan fingerprint density at radius 3 is 2.29 bits per heavy atom. The number of methoxy groups -OCH3 is 1. The first-order valence-electron chi connectivity index (χ1n) is 6.85. The van der Waals surface area contributed by atoms with Crippen LogP contribution in [0.25, 0.3) is 0 Å². The molecule has 5 nitrogen and oxygen atoms in total. The molecule has 0 unspecified atom stereocenters. The molecule has 21 heavy (non-hydrogen) atoms. The van der Waals surface area contributed by atoms with Crippen molar-refractivity contribution in [2.24, 2.45) is 5.41 Å². The lowest BCUT2D eigenvalue weighted by Crippen LogP contribution is -2.33. The first kappa shape index (κ1) is 17.7. The van der Waals surface area contributed by atoms with Gasteiger partial charge in [0.15, 0.2) is 0 Å². The molecule has 0 radical (unpaired) electrons. The van der Waals surface area contributed by atoms with Crippen LogP contribution in [-0.4, -0.2) is 28.0 Å². The van der Waals surface area contributed by atoms with E-state index in [0.717, 1.165) is 12.0 Å². The quantitative estimate of drug-likeness (QED) is 0.783. The number of esters is 1. The minimum Gasteiger partial charge on any atom is -0.469 e. The Bertz CT molecular complexity index is 576. The lowest BCUT2D eigenvalue weighted by molar-refractivity contribution is -0.139. The molecule has 6 heteroatoms. The van der Waals surface area contributed by atoms with Crippen LogP contribution in [0.1, 0.15) is 32.8 Å². The number of hydrogen-bond donors (Lipinski definition) is 1. The number of sulfonamides is 1. The molecule has 0 atom stereocenters. The van der Waals surface area contributed by atoms with E-state index >= 15 is 0 Å². The summed E-state index contributed by atoms with van der Waals surface area (Å²) in [6.45, 7) is 6.43. The molecule has 0 amide bonds. The lowest BCUT2D eigenvalue weighted by atomic mass is 9.91. The van der Waals surface area contributed by atoms with E-state index in [0.29, 0.717) is 6.54 Å². The molecule has 118 valence electrons. The van der Waals surface area contributed by atoms with E-state index in [-0.39, 0.29) is 22.7 Å². The van der Waals surface area contributed by atoms with E-state index in [1.807, 2.05) is 20.8 Å². The first-order chi connectivity index (χ1) is 9.70. The van der Waals surface area contributed by atoms with Gasteiger partial charge in [-0.2, -0.15) is 0 Å². The molecule has 0 bridgehead atoms. The first-order valence-corrected chi connectivity index (χ1v) is 8.34. The van der Waals surface area contributed by atoms with Gasteiger partial charge in [-0.3, -0.25) is 4.79 Å². The number of carbonyl (C=O) groups is 1. The van der Waals surface area contributed by atoms with Crippen molar-refractivity contribution >= 4 is 16.0 Å². The molecular formula is C15H23NO4S. The number of ether oxygens (including phenoxy) is 1. The lowest BCUT2D eigenvalue weighted by Gasteiger charge is -2.22. The average molecular weight is 313 g/mol. The van der Waals surface area contributed by atoms with Crippen LogP contribution in [0.3, 0.4) is 0 Å². The van der Waals surface area contributed by atoms with Crippen LogP contribution >= 0.6 is 0 Å². The van der Waals surface area contributed by atoms with E-state index in [4.69, 9.17) is 0 Å². The molecule has 0 aliphatic rings. The molecular weight excluding hydrogens is 290 g/mol. The second kappa shape index (κ2) is 7.04. The van der Waals surface area contributed by atoms with Crippen molar-refractivity contribution < 1.29 is 17.9 Å². The van der Waals surface area contributed by atoms with Crippen LogP contribution in [0.2, 0.25) is 0 Å². The Morgan fingerprint density at radius 1 is 1.24 bits per heavy atom. The topological polar surface area (TPSA) is 72.5 Å². The van der Waals surface area contributed by atoms with Gasteiger partial charge >= 0.3 is 5.97 Å². The number of carbonyl (C=O) groups excluding carboxylic acids is 1. The molecule has 0 saturated carbocycles. The van der Waals surface area contributed by atoms with Crippen molar-refractivity contribution in [1.82, 2.24) is 4.72 Å². The molecule has 0 aliphatic heterocycles. The number of hydrogen-bond acceptors (Lipinski definition) is 4. The van der Waals surface area contributed by atoms with Gasteiger partial charge in [0.05, 0.1) is 18.4 Å². The second-order valence-corrected chi connectivity index (χ2v) is 7.51. The van der Waals surface area contributed by atoms with Gasteiger partial charge in [-0.25, -0.2) is 13.1 Å². The maximum atomic E-state index is 12.2. The molecule has 0 heterocycles. The summed E-state index contributed by atoms with van der Waals surface area (Å²) in [4.78, 5) is 11.4. The van der Waals surface area contributed by atoms with E-state index in [1.165, 1.54) is 19.2 Å². The second-order valence-electron chi connectivity index (χ2n) is 5.74. The van der Waals surface area contributed by atoms with Gasteiger partial charge in [0, 0.05) is 6.54 Å². The summed E-state index contributed by atoms with van der Waals surface area (Å²) in [6.07, 6.45) is 1.01. The molecule has 0 saturated heterocycles. The van der Waals surface area contributed by atoms with Crippen molar-refractivity contribution in [2.45, 2.75) is 38.5 Å². The number of benzene rings is 1. The van der Waals surface area contributed by atoms with Crippen LogP contribution in [0.4, 0.5) is 0 Å². The van der Waals surface area contributed by atoms with Crippen molar-refractivity contribution in [3.05, 3.63) is 29.8 Å². The van der Waals surface area contributed by atoms with Crippen LogP contribution in [0, 0.1) is 5.41 Å². The van der Waals surface area contributed by atoms with Gasteiger partial charge < -0.3 is 4.74 Å². The molecule has 1 N–H and O–H groups in total. The fraction of sp³-hybridized carbons (Fsp3) is 0.533. The Hall–Kier alpha value is -1.40. The highest BCUT2D eigenvalue weighted by Crippen LogP contribution is 2.19. The highest BCUT2D eigenvalue weighted by Gasteiger charge is 2.20. The highest BCUT2D eigenvalue weighted by molar-refractivity contribution is 7.89. The Kier molecular flexibility index (Phi) is 5.92. The molecule has 0 aromatic heterocycles. The summed E-state index contributed by atoms with van der Waals surface area (Å²) in [7, 11) is -2.20.